The molecular weight excluding hydrogens is 268 g/mol. The summed E-state index contributed by atoms with van der Waals surface area (Å²) in [6.07, 6.45) is 0. The maximum atomic E-state index is 12.2. The highest BCUT2D eigenvalue weighted by Crippen LogP contribution is 2.22. The van der Waals surface area contributed by atoms with E-state index >= 15 is 0 Å². The van der Waals surface area contributed by atoms with Crippen LogP contribution < -0.4 is 11.1 Å². The molecule has 0 bridgehead atoms. The molecule has 0 unspecified atom stereocenters. The Morgan fingerprint density at radius 1 is 1.33 bits per heavy atom. The van der Waals surface area contributed by atoms with Crippen LogP contribution in [0.1, 0.15) is 35.9 Å². The number of hydrogen-bond acceptors (Lipinski definition) is 4. The van der Waals surface area contributed by atoms with E-state index < -0.39 is 5.91 Å². The van der Waals surface area contributed by atoms with Crippen molar-refractivity contribution in [3.8, 4) is 0 Å². The largest absolute Gasteiger partial charge is 0.395 e. The maximum Gasteiger partial charge on any atom is 0.280 e. The van der Waals surface area contributed by atoms with Gasteiger partial charge in [0.05, 0.1) is 22.4 Å². The molecule has 1 aromatic carbocycles. The Labute approximate surface area is 121 Å². The molecule has 0 aliphatic carbocycles. The van der Waals surface area contributed by atoms with Crippen molar-refractivity contribution >= 4 is 28.6 Å². The fourth-order valence-corrected chi connectivity index (χ4v) is 2.16. The normalized spacial score (nSPS) is 11.2. The number of carbonyl (C=O) groups is 1. The predicted molar refractivity (Wildman–Crippen MR) is 81.1 cm³/mol. The number of para-hydroxylation sites is 2. The topological polar surface area (TPSA) is 112 Å². The molecule has 3 aromatic rings. The minimum Gasteiger partial charge on any atom is -0.395 e. The molecule has 0 aliphatic heterocycles. The van der Waals surface area contributed by atoms with Crippen LogP contribution in [-0.2, 0) is 0 Å². The van der Waals surface area contributed by atoms with Gasteiger partial charge in [-0.3, -0.25) is 15.2 Å². The Hall–Kier alpha value is -2.83. The lowest BCUT2D eigenvalue weighted by atomic mass is 10.1. The molecule has 3 rings (SSSR count). The van der Waals surface area contributed by atoms with Crippen LogP contribution >= 0.6 is 0 Å². The maximum absolute atomic E-state index is 12.2. The number of nitrogens with zero attached hydrogens (tertiary/aromatic N) is 2. The Bertz CT molecular complexity index is 768. The summed E-state index contributed by atoms with van der Waals surface area (Å²) in [6, 6.07) is 7.53. The number of anilines is 2. The Morgan fingerprint density at radius 2 is 2.10 bits per heavy atom. The molecule has 0 fully saturated rings. The highest BCUT2D eigenvalue weighted by Gasteiger charge is 2.19. The first-order chi connectivity index (χ1) is 10.1. The molecule has 0 radical (unpaired) electrons. The summed E-state index contributed by atoms with van der Waals surface area (Å²) in [5, 5.41) is 9.46. The fraction of sp³-hybridized carbons (Fsp3) is 0.214. The number of nitrogens with two attached hydrogens (primary N) is 1. The number of rotatable bonds is 3. The fourth-order valence-electron chi connectivity index (χ4n) is 2.16. The van der Waals surface area contributed by atoms with Crippen LogP contribution in [-0.4, -0.2) is 26.1 Å². The van der Waals surface area contributed by atoms with Gasteiger partial charge in [0.2, 0.25) is 5.95 Å². The summed E-state index contributed by atoms with van der Waals surface area (Å²) in [5.74, 6) is 0.148. The van der Waals surface area contributed by atoms with E-state index in [4.69, 9.17) is 5.73 Å². The minimum absolute atomic E-state index is 0.172. The molecule has 0 spiro atoms. The smallest absolute Gasteiger partial charge is 0.280 e. The lowest BCUT2D eigenvalue weighted by Crippen LogP contribution is -2.15. The van der Waals surface area contributed by atoms with Gasteiger partial charge in [0.15, 0.2) is 5.69 Å². The van der Waals surface area contributed by atoms with Crippen LogP contribution in [0.3, 0.4) is 0 Å². The van der Waals surface area contributed by atoms with E-state index in [1.165, 1.54) is 0 Å². The van der Waals surface area contributed by atoms with Crippen molar-refractivity contribution in [3.05, 3.63) is 35.7 Å². The predicted octanol–water partition coefficient (Wildman–Crippen LogP) is 2.24. The zero-order valence-electron chi connectivity index (χ0n) is 11.8. The molecule has 0 aliphatic rings. The molecule has 21 heavy (non-hydrogen) atoms. The molecule has 1 amide bonds. The Morgan fingerprint density at radius 3 is 2.76 bits per heavy atom. The van der Waals surface area contributed by atoms with E-state index in [1.807, 2.05) is 38.1 Å². The van der Waals surface area contributed by atoms with Crippen molar-refractivity contribution in [3.63, 3.8) is 0 Å². The molecule has 7 nitrogen and oxygen atoms in total. The number of H-pyrrole nitrogens is 2. The van der Waals surface area contributed by atoms with Crippen LogP contribution in [0.15, 0.2) is 24.3 Å². The van der Waals surface area contributed by atoms with Gasteiger partial charge in [-0.25, -0.2) is 4.98 Å². The number of nitrogen functional groups attached to an aromatic ring is 1. The quantitative estimate of drug-likeness (QED) is 0.590. The van der Waals surface area contributed by atoms with Crippen molar-refractivity contribution in [1.29, 1.82) is 0 Å². The van der Waals surface area contributed by atoms with Gasteiger partial charge in [0.1, 0.15) is 0 Å². The number of carbonyl (C=O) groups excluding carboxylic acids is 1. The Balaban J connectivity index is 1.86. The van der Waals surface area contributed by atoms with Crippen molar-refractivity contribution in [2.45, 2.75) is 19.8 Å². The first kappa shape index (κ1) is 13.2. The monoisotopic (exact) mass is 284 g/mol. The van der Waals surface area contributed by atoms with Crippen molar-refractivity contribution in [2.75, 3.05) is 11.1 Å². The molecule has 5 N–H and O–H groups in total. The van der Waals surface area contributed by atoms with Gasteiger partial charge in [-0.15, -0.1) is 0 Å². The minimum atomic E-state index is -0.394. The first-order valence-electron chi connectivity index (χ1n) is 6.66. The second kappa shape index (κ2) is 4.93. The third kappa shape index (κ3) is 2.33. The third-order valence-electron chi connectivity index (χ3n) is 3.25. The molecule has 2 heterocycles. The van der Waals surface area contributed by atoms with Gasteiger partial charge < -0.3 is 10.7 Å². The summed E-state index contributed by atoms with van der Waals surface area (Å²) in [6.45, 7) is 3.95. The lowest BCUT2D eigenvalue weighted by molar-refractivity contribution is 0.102. The molecule has 0 saturated heterocycles. The van der Waals surface area contributed by atoms with Gasteiger partial charge in [-0.05, 0) is 18.1 Å². The number of imidazole rings is 1. The van der Waals surface area contributed by atoms with E-state index in [-0.39, 0.29) is 11.6 Å². The van der Waals surface area contributed by atoms with Crippen LogP contribution in [0.2, 0.25) is 0 Å². The number of amides is 1. The van der Waals surface area contributed by atoms with E-state index in [0.717, 1.165) is 16.7 Å². The van der Waals surface area contributed by atoms with Crippen molar-refractivity contribution in [2.24, 2.45) is 0 Å². The van der Waals surface area contributed by atoms with E-state index in [2.05, 4.69) is 25.5 Å². The first-order valence-corrected chi connectivity index (χ1v) is 6.66. The molecule has 108 valence electrons. The van der Waals surface area contributed by atoms with Crippen LogP contribution in [0, 0.1) is 0 Å². The average Bonchev–Trinajstić information content (AvgIpc) is 3.01. The van der Waals surface area contributed by atoms with Gasteiger partial charge in [0, 0.05) is 0 Å². The van der Waals surface area contributed by atoms with Crippen LogP contribution in [0.5, 0.6) is 0 Å². The molecule has 2 aromatic heterocycles. The number of benzene rings is 1. The number of fused-ring (bicyclic) bond motifs is 1. The van der Waals surface area contributed by atoms with Crippen molar-refractivity contribution in [1.82, 2.24) is 20.2 Å². The van der Waals surface area contributed by atoms with Gasteiger partial charge >= 0.3 is 0 Å². The summed E-state index contributed by atoms with van der Waals surface area (Å²) in [5.41, 5.74) is 8.89. The molecular formula is C14H16N6O. The second-order valence-electron chi connectivity index (χ2n) is 5.11. The molecule has 0 saturated carbocycles. The summed E-state index contributed by atoms with van der Waals surface area (Å²) in [7, 11) is 0. The number of aromatic nitrogens is 4. The average molecular weight is 284 g/mol. The van der Waals surface area contributed by atoms with Crippen molar-refractivity contribution < 1.29 is 4.79 Å². The SMILES string of the molecule is CC(C)c1[nH]nc(C(=O)Nc2nc3ccccc3[nH]2)c1N. The van der Waals surface area contributed by atoms with E-state index in [9.17, 15) is 4.79 Å². The zero-order valence-corrected chi connectivity index (χ0v) is 11.8. The van der Waals surface area contributed by atoms with Crippen LogP contribution in [0.4, 0.5) is 11.6 Å². The zero-order chi connectivity index (χ0) is 15.0. The van der Waals surface area contributed by atoms with Crippen LogP contribution in [0.25, 0.3) is 11.0 Å². The highest BCUT2D eigenvalue weighted by atomic mass is 16.2. The van der Waals surface area contributed by atoms with E-state index in [0.29, 0.717) is 11.6 Å². The number of aromatic amines is 2. The summed E-state index contributed by atoms with van der Waals surface area (Å²) < 4.78 is 0. The highest BCUT2D eigenvalue weighted by molar-refractivity contribution is 6.06. The number of nitrogens with one attached hydrogen (secondary N) is 3. The van der Waals surface area contributed by atoms with Gasteiger partial charge in [0.25, 0.3) is 5.91 Å². The Kier molecular flexibility index (Phi) is 3.09. The third-order valence-corrected chi connectivity index (χ3v) is 3.25. The summed E-state index contributed by atoms with van der Waals surface area (Å²) in [4.78, 5) is 19.5. The van der Waals surface area contributed by atoms with Gasteiger partial charge in [-0.2, -0.15) is 5.10 Å². The lowest BCUT2D eigenvalue weighted by Gasteiger charge is -2.03. The standard InChI is InChI=1S/C14H16N6O/c1-7(2)11-10(15)12(20-19-11)13(21)18-14-16-8-5-3-4-6-9(8)17-14/h3-7H,15H2,1-2H3,(H,19,20)(H2,16,17,18,21). The second-order valence-corrected chi connectivity index (χ2v) is 5.11. The van der Waals surface area contributed by atoms with E-state index in [1.54, 1.807) is 0 Å². The molecule has 7 heteroatoms. The van der Waals surface area contributed by atoms with Gasteiger partial charge in [-0.1, -0.05) is 26.0 Å². The number of hydrogen-bond donors (Lipinski definition) is 4. The molecule has 0 atom stereocenters. The summed E-state index contributed by atoms with van der Waals surface area (Å²) >= 11 is 0.